The van der Waals surface area contributed by atoms with Crippen LogP contribution in [0.25, 0.3) is 20.4 Å². The average Bonchev–Trinajstić information content (AvgIpc) is 3.15. The molecule has 0 fully saturated rings. The number of nitrogens with one attached hydrogen (secondary N) is 1. The van der Waals surface area contributed by atoms with Gasteiger partial charge in [0, 0.05) is 12.4 Å². The summed E-state index contributed by atoms with van der Waals surface area (Å²) in [7, 11) is 1.89. The lowest BCUT2D eigenvalue weighted by Gasteiger charge is -1.97. The fourth-order valence-corrected chi connectivity index (χ4v) is 4.28. The molecule has 0 aliphatic heterocycles. The molecule has 0 bridgehead atoms. The van der Waals surface area contributed by atoms with Crippen LogP contribution in [0.3, 0.4) is 0 Å². The molecule has 110 valence electrons. The molecule has 7 heteroatoms. The summed E-state index contributed by atoms with van der Waals surface area (Å²) in [5, 5.41) is 8.89. The van der Waals surface area contributed by atoms with Gasteiger partial charge in [0.1, 0.15) is 4.83 Å². The number of para-hydroxylation sites is 1. The fourth-order valence-electron chi connectivity index (χ4n) is 2.40. The molecule has 0 radical (unpaired) electrons. The van der Waals surface area contributed by atoms with Crippen molar-refractivity contribution in [1.29, 1.82) is 0 Å². The number of hydrogen-bond donors (Lipinski definition) is 1. The van der Waals surface area contributed by atoms with Gasteiger partial charge in [0.25, 0.3) is 5.91 Å². The first-order chi connectivity index (χ1) is 10.6. The van der Waals surface area contributed by atoms with E-state index in [2.05, 4.69) is 15.4 Å². The predicted octanol–water partition coefficient (Wildman–Crippen LogP) is 3.81. The molecular weight excluding hydrogens is 316 g/mol. The summed E-state index contributed by atoms with van der Waals surface area (Å²) in [6.07, 6.45) is 0. The highest BCUT2D eigenvalue weighted by Gasteiger charge is 2.16. The summed E-state index contributed by atoms with van der Waals surface area (Å²) in [6, 6.07) is 9.74. The first-order valence-corrected chi connectivity index (χ1v) is 8.35. The van der Waals surface area contributed by atoms with E-state index in [9.17, 15) is 4.79 Å². The van der Waals surface area contributed by atoms with Crippen LogP contribution in [0.2, 0.25) is 0 Å². The van der Waals surface area contributed by atoms with Gasteiger partial charge in [-0.25, -0.2) is 4.98 Å². The molecule has 0 aliphatic rings. The smallest absolute Gasteiger partial charge is 0.267 e. The molecule has 0 atom stereocenters. The minimum absolute atomic E-state index is 0.125. The third-order valence-electron chi connectivity index (χ3n) is 3.43. The molecule has 4 aromatic rings. The second-order valence-electron chi connectivity index (χ2n) is 4.98. The highest BCUT2D eigenvalue weighted by molar-refractivity contribution is 7.23. The summed E-state index contributed by atoms with van der Waals surface area (Å²) >= 11 is 2.92. The number of aryl methyl sites for hydroxylation is 2. The van der Waals surface area contributed by atoms with Crippen LogP contribution < -0.4 is 5.32 Å². The number of amides is 1. The van der Waals surface area contributed by atoms with Crippen LogP contribution >= 0.6 is 22.7 Å². The quantitative estimate of drug-likeness (QED) is 0.609. The lowest BCUT2D eigenvalue weighted by Crippen LogP contribution is -2.09. The summed E-state index contributed by atoms with van der Waals surface area (Å²) in [5.41, 5.74) is 1.84. The fraction of sp³-hybridized carbons (Fsp3) is 0.133. The molecule has 1 N–H and O–H groups in total. The molecule has 0 saturated carbocycles. The van der Waals surface area contributed by atoms with Crippen molar-refractivity contribution < 1.29 is 4.79 Å². The Hall–Kier alpha value is -2.25. The van der Waals surface area contributed by atoms with Gasteiger partial charge in [-0.15, -0.1) is 11.3 Å². The lowest BCUT2D eigenvalue weighted by molar-refractivity contribution is 0.103. The van der Waals surface area contributed by atoms with Crippen molar-refractivity contribution in [2.75, 3.05) is 5.32 Å². The van der Waals surface area contributed by atoms with Gasteiger partial charge in [-0.05, 0) is 25.1 Å². The number of rotatable bonds is 2. The maximum Gasteiger partial charge on any atom is 0.267 e. The van der Waals surface area contributed by atoms with Crippen molar-refractivity contribution in [2.45, 2.75) is 6.92 Å². The number of anilines is 1. The number of fused-ring (bicyclic) bond motifs is 2. The number of thiophene rings is 1. The zero-order valence-corrected chi connectivity index (χ0v) is 13.6. The maximum atomic E-state index is 12.4. The van der Waals surface area contributed by atoms with E-state index in [1.54, 1.807) is 0 Å². The molecule has 0 unspecified atom stereocenters. The number of benzene rings is 1. The molecule has 0 saturated heterocycles. The van der Waals surface area contributed by atoms with Crippen molar-refractivity contribution in [3.63, 3.8) is 0 Å². The van der Waals surface area contributed by atoms with Crippen LogP contribution in [0.1, 0.15) is 15.4 Å². The van der Waals surface area contributed by atoms with Crippen molar-refractivity contribution in [3.8, 4) is 0 Å². The molecule has 3 aromatic heterocycles. The van der Waals surface area contributed by atoms with Crippen LogP contribution in [-0.2, 0) is 7.05 Å². The van der Waals surface area contributed by atoms with Crippen LogP contribution in [0.5, 0.6) is 0 Å². The van der Waals surface area contributed by atoms with Gasteiger partial charge >= 0.3 is 0 Å². The van der Waals surface area contributed by atoms with Crippen LogP contribution in [0.15, 0.2) is 30.3 Å². The van der Waals surface area contributed by atoms with E-state index in [0.717, 1.165) is 26.1 Å². The average molecular weight is 328 g/mol. The Balaban J connectivity index is 1.66. The van der Waals surface area contributed by atoms with Gasteiger partial charge in [0.2, 0.25) is 0 Å². The predicted molar refractivity (Wildman–Crippen MR) is 90.9 cm³/mol. The monoisotopic (exact) mass is 328 g/mol. The summed E-state index contributed by atoms with van der Waals surface area (Å²) in [5.74, 6) is -0.125. The lowest BCUT2D eigenvalue weighted by atomic mass is 10.3. The second kappa shape index (κ2) is 4.89. The second-order valence-corrected chi connectivity index (χ2v) is 7.04. The maximum absolute atomic E-state index is 12.4. The van der Waals surface area contributed by atoms with Gasteiger partial charge in [0.05, 0.1) is 20.8 Å². The topological polar surface area (TPSA) is 59.8 Å². The number of carbonyl (C=O) groups excluding carboxylic acids is 1. The Morgan fingerprint density at radius 2 is 2.09 bits per heavy atom. The van der Waals surface area contributed by atoms with E-state index in [1.165, 1.54) is 22.7 Å². The number of carbonyl (C=O) groups is 1. The van der Waals surface area contributed by atoms with Gasteiger partial charge in [0.15, 0.2) is 5.13 Å². The molecule has 3 heterocycles. The van der Waals surface area contributed by atoms with E-state index >= 15 is 0 Å². The van der Waals surface area contributed by atoms with Crippen molar-refractivity contribution >= 4 is 54.1 Å². The Morgan fingerprint density at radius 3 is 2.86 bits per heavy atom. The van der Waals surface area contributed by atoms with Crippen LogP contribution in [-0.4, -0.2) is 20.7 Å². The van der Waals surface area contributed by atoms with Crippen molar-refractivity contribution in [3.05, 3.63) is 40.9 Å². The third-order valence-corrected chi connectivity index (χ3v) is 5.59. The Kier molecular flexibility index (Phi) is 2.98. The summed E-state index contributed by atoms with van der Waals surface area (Å²) in [6.45, 7) is 1.95. The zero-order valence-electron chi connectivity index (χ0n) is 12.0. The molecule has 4 rings (SSSR count). The Bertz CT molecular complexity index is 944. The van der Waals surface area contributed by atoms with E-state index in [-0.39, 0.29) is 5.91 Å². The highest BCUT2D eigenvalue weighted by atomic mass is 32.1. The SMILES string of the molecule is Cc1nn(C)c2sc(C(=O)Nc3nc4ccccc4s3)cc12. The minimum Gasteiger partial charge on any atom is -0.297 e. The van der Waals surface area contributed by atoms with Crippen molar-refractivity contribution in [1.82, 2.24) is 14.8 Å². The third kappa shape index (κ3) is 2.10. The van der Waals surface area contributed by atoms with Gasteiger partial charge < -0.3 is 0 Å². The summed E-state index contributed by atoms with van der Waals surface area (Å²) in [4.78, 5) is 18.5. The molecule has 22 heavy (non-hydrogen) atoms. The number of nitrogens with zero attached hydrogens (tertiary/aromatic N) is 3. The van der Waals surface area contributed by atoms with Crippen LogP contribution in [0, 0.1) is 6.92 Å². The van der Waals surface area contributed by atoms with Gasteiger partial charge in [-0.1, -0.05) is 23.5 Å². The molecule has 0 aliphatic carbocycles. The molecule has 1 aromatic carbocycles. The minimum atomic E-state index is -0.125. The largest absolute Gasteiger partial charge is 0.297 e. The first kappa shape index (κ1) is 13.4. The summed E-state index contributed by atoms with van der Waals surface area (Å²) < 4.78 is 2.87. The zero-order chi connectivity index (χ0) is 15.3. The molecule has 1 amide bonds. The molecule has 5 nitrogen and oxygen atoms in total. The standard InChI is InChI=1S/C15H12N4OS2/c1-8-9-7-12(21-14(9)19(2)18-8)13(20)17-15-16-10-5-3-4-6-11(10)22-15/h3-7H,1-2H3,(H,16,17,20). The Morgan fingerprint density at radius 1 is 1.27 bits per heavy atom. The Labute approximate surface area is 134 Å². The van der Waals surface area contributed by atoms with E-state index in [1.807, 2.05) is 49.0 Å². The van der Waals surface area contributed by atoms with E-state index < -0.39 is 0 Å². The van der Waals surface area contributed by atoms with Gasteiger partial charge in [-0.3, -0.25) is 14.8 Å². The first-order valence-electron chi connectivity index (χ1n) is 6.72. The van der Waals surface area contributed by atoms with E-state index in [4.69, 9.17) is 0 Å². The highest BCUT2D eigenvalue weighted by Crippen LogP contribution is 2.30. The molecule has 0 spiro atoms. The normalized spacial score (nSPS) is 11.4. The van der Waals surface area contributed by atoms with Crippen LogP contribution in [0.4, 0.5) is 5.13 Å². The number of aromatic nitrogens is 3. The van der Waals surface area contributed by atoms with Crippen molar-refractivity contribution in [2.24, 2.45) is 7.05 Å². The number of hydrogen-bond acceptors (Lipinski definition) is 5. The number of thiazole rings is 1. The molecular formula is C15H12N4OS2. The van der Waals surface area contributed by atoms with E-state index in [0.29, 0.717) is 10.0 Å². The van der Waals surface area contributed by atoms with Gasteiger partial charge in [-0.2, -0.15) is 5.10 Å².